The minimum absolute atomic E-state index is 0.0539. The first-order chi connectivity index (χ1) is 19.5. The molecule has 0 aliphatic carbocycles. The zero-order chi connectivity index (χ0) is 29.4. The summed E-state index contributed by atoms with van der Waals surface area (Å²) < 4.78 is 2.96. The number of para-hydroxylation sites is 1. The van der Waals surface area contributed by atoms with Crippen molar-refractivity contribution in [1.29, 1.82) is 0 Å². The maximum absolute atomic E-state index is 13.4. The first kappa shape index (κ1) is 27.5. The highest BCUT2D eigenvalue weighted by molar-refractivity contribution is 6.15. The smallest absolute Gasteiger partial charge is 0.272 e. The molecule has 11 nitrogen and oxygen atoms in total. The number of nitrogens with zero attached hydrogens (tertiary/aromatic N) is 6. The van der Waals surface area contributed by atoms with Crippen LogP contribution in [0, 0.1) is 0 Å². The SMILES string of the molecule is C=C(NC(=O)C(=C)n1cnc2c(-c3ccc4nn(C(C)C)cc4c3)cccc2c1=O)C(=O)N1CCN(C(C)=O)CC1. The number of benzene rings is 2. The summed E-state index contributed by atoms with van der Waals surface area (Å²) in [6, 6.07) is 11.4. The first-order valence-electron chi connectivity index (χ1n) is 13.3. The van der Waals surface area contributed by atoms with E-state index in [-0.39, 0.29) is 23.3 Å². The molecule has 1 fully saturated rings. The topological polar surface area (TPSA) is 122 Å². The number of carbonyl (C=O) groups excluding carboxylic acids is 3. The third-order valence-electron chi connectivity index (χ3n) is 7.24. The van der Waals surface area contributed by atoms with Crippen molar-refractivity contribution in [2.45, 2.75) is 26.8 Å². The van der Waals surface area contributed by atoms with Gasteiger partial charge in [0.2, 0.25) is 5.91 Å². The van der Waals surface area contributed by atoms with E-state index in [1.807, 2.05) is 35.1 Å². The minimum Gasteiger partial charge on any atom is -0.339 e. The molecule has 0 saturated carbocycles. The van der Waals surface area contributed by atoms with Crippen molar-refractivity contribution in [3.8, 4) is 11.1 Å². The van der Waals surface area contributed by atoms with E-state index in [0.29, 0.717) is 37.1 Å². The highest BCUT2D eigenvalue weighted by atomic mass is 16.2. The molecule has 0 spiro atoms. The standard InChI is InChI=1S/C30H31N7O4/c1-18(2)37-16-23-15-22(9-10-26(23)33-37)24-7-6-8-25-27(24)31-17-36(30(25)41)20(4)28(39)32-19(3)29(40)35-13-11-34(12-14-35)21(5)38/h6-10,15-18H,3-4,11-14H2,1-2,5H3,(H,32,39). The Balaban J connectivity index is 1.35. The molecule has 41 heavy (non-hydrogen) atoms. The van der Waals surface area contributed by atoms with Gasteiger partial charge in [-0.3, -0.25) is 28.4 Å². The lowest BCUT2D eigenvalue weighted by Crippen LogP contribution is -2.51. The van der Waals surface area contributed by atoms with Crippen molar-refractivity contribution >= 4 is 45.2 Å². The number of amides is 3. The van der Waals surface area contributed by atoms with E-state index in [2.05, 4.69) is 42.4 Å². The average Bonchev–Trinajstić information content (AvgIpc) is 3.40. The van der Waals surface area contributed by atoms with Crippen LogP contribution in [0.4, 0.5) is 0 Å². The molecule has 0 radical (unpaired) electrons. The van der Waals surface area contributed by atoms with Crippen LogP contribution in [0.2, 0.25) is 0 Å². The fourth-order valence-corrected chi connectivity index (χ4v) is 4.84. The number of fused-ring (bicyclic) bond motifs is 2. The number of hydrogen-bond acceptors (Lipinski definition) is 6. The molecule has 3 heterocycles. The van der Waals surface area contributed by atoms with Gasteiger partial charge in [0.25, 0.3) is 17.4 Å². The van der Waals surface area contributed by atoms with E-state index < -0.39 is 17.4 Å². The van der Waals surface area contributed by atoms with Gasteiger partial charge in [0.15, 0.2) is 0 Å². The van der Waals surface area contributed by atoms with Gasteiger partial charge < -0.3 is 15.1 Å². The second-order valence-corrected chi connectivity index (χ2v) is 10.3. The lowest BCUT2D eigenvalue weighted by Gasteiger charge is -2.34. The van der Waals surface area contributed by atoms with Gasteiger partial charge in [-0.2, -0.15) is 5.10 Å². The van der Waals surface area contributed by atoms with Crippen LogP contribution in [0.3, 0.4) is 0 Å². The van der Waals surface area contributed by atoms with Gasteiger partial charge in [0.05, 0.1) is 22.1 Å². The second kappa shape index (κ2) is 10.8. The summed E-state index contributed by atoms with van der Waals surface area (Å²) in [5, 5.41) is 8.33. The summed E-state index contributed by atoms with van der Waals surface area (Å²) in [5.74, 6) is -1.27. The van der Waals surface area contributed by atoms with Crippen LogP contribution >= 0.6 is 0 Å². The molecule has 3 amide bonds. The summed E-state index contributed by atoms with van der Waals surface area (Å²) in [7, 11) is 0. The van der Waals surface area contributed by atoms with Crippen molar-refractivity contribution < 1.29 is 14.4 Å². The Kier molecular flexibility index (Phi) is 7.27. The molecule has 0 bridgehead atoms. The molecule has 1 aliphatic rings. The Bertz CT molecular complexity index is 1790. The summed E-state index contributed by atoms with van der Waals surface area (Å²) in [5.41, 5.74) is 2.19. The molecule has 1 saturated heterocycles. The van der Waals surface area contributed by atoms with E-state index in [4.69, 9.17) is 0 Å². The Hall–Kier alpha value is -5.06. The van der Waals surface area contributed by atoms with Crippen LogP contribution in [0.15, 0.2) is 72.6 Å². The lowest BCUT2D eigenvalue weighted by atomic mass is 10.0. The van der Waals surface area contributed by atoms with E-state index >= 15 is 0 Å². The van der Waals surface area contributed by atoms with E-state index in [9.17, 15) is 19.2 Å². The Morgan fingerprint density at radius 3 is 2.39 bits per heavy atom. The maximum Gasteiger partial charge on any atom is 0.272 e. The van der Waals surface area contributed by atoms with Crippen molar-refractivity contribution in [3.63, 3.8) is 0 Å². The first-order valence-corrected chi connectivity index (χ1v) is 13.3. The Labute approximate surface area is 236 Å². The highest BCUT2D eigenvalue weighted by Gasteiger charge is 2.25. The van der Waals surface area contributed by atoms with Crippen molar-refractivity contribution in [2.75, 3.05) is 26.2 Å². The van der Waals surface area contributed by atoms with Crippen LogP contribution in [0.25, 0.3) is 38.6 Å². The van der Waals surface area contributed by atoms with Crippen LogP contribution in [0.5, 0.6) is 0 Å². The third-order valence-corrected chi connectivity index (χ3v) is 7.24. The molecular formula is C30H31N7O4. The Morgan fingerprint density at radius 1 is 1.00 bits per heavy atom. The number of nitrogens with one attached hydrogen (secondary N) is 1. The number of carbonyl (C=O) groups is 3. The fraction of sp³-hybridized carbons (Fsp3) is 0.267. The predicted octanol–water partition coefficient (Wildman–Crippen LogP) is 2.79. The van der Waals surface area contributed by atoms with Crippen LogP contribution < -0.4 is 10.9 Å². The van der Waals surface area contributed by atoms with Gasteiger partial charge in [-0.05, 0) is 37.6 Å². The summed E-state index contributed by atoms with van der Waals surface area (Å²) in [4.78, 5) is 58.4. The number of piperazine rings is 1. The molecule has 0 atom stereocenters. The number of rotatable bonds is 6. The monoisotopic (exact) mass is 553 g/mol. The molecular weight excluding hydrogens is 522 g/mol. The van der Waals surface area contributed by atoms with Gasteiger partial charge in [0.1, 0.15) is 12.0 Å². The molecule has 11 heteroatoms. The maximum atomic E-state index is 13.4. The second-order valence-electron chi connectivity index (χ2n) is 10.3. The molecule has 2 aromatic heterocycles. The normalized spacial score (nSPS) is 13.6. The minimum atomic E-state index is -0.752. The molecule has 1 aliphatic heterocycles. The average molecular weight is 554 g/mol. The number of aromatic nitrogens is 4. The van der Waals surface area contributed by atoms with Crippen molar-refractivity contribution in [2.24, 2.45) is 0 Å². The molecule has 0 unspecified atom stereocenters. The largest absolute Gasteiger partial charge is 0.339 e. The molecule has 210 valence electrons. The molecule has 1 N–H and O–H groups in total. The third kappa shape index (κ3) is 5.25. The van der Waals surface area contributed by atoms with E-state index in [1.54, 1.807) is 17.0 Å². The van der Waals surface area contributed by atoms with Gasteiger partial charge in [-0.1, -0.05) is 31.4 Å². The molecule has 4 aromatic rings. The van der Waals surface area contributed by atoms with Crippen molar-refractivity contribution in [1.82, 2.24) is 34.4 Å². The lowest BCUT2D eigenvalue weighted by molar-refractivity contribution is -0.136. The summed E-state index contributed by atoms with van der Waals surface area (Å²) in [6.07, 6.45) is 3.25. The van der Waals surface area contributed by atoms with E-state index in [0.717, 1.165) is 26.6 Å². The quantitative estimate of drug-likeness (QED) is 0.367. The summed E-state index contributed by atoms with van der Waals surface area (Å²) >= 11 is 0. The van der Waals surface area contributed by atoms with E-state index in [1.165, 1.54) is 18.2 Å². The van der Waals surface area contributed by atoms with Crippen LogP contribution in [0.1, 0.15) is 26.8 Å². The molecule has 5 rings (SSSR count). The number of hydrogen-bond donors (Lipinski definition) is 1. The van der Waals surface area contributed by atoms with Gasteiger partial charge in [-0.15, -0.1) is 0 Å². The van der Waals surface area contributed by atoms with Crippen LogP contribution in [-0.2, 0) is 14.4 Å². The van der Waals surface area contributed by atoms with Gasteiger partial charge in [-0.25, -0.2) is 4.98 Å². The van der Waals surface area contributed by atoms with Crippen LogP contribution in [-0.4, -0.2) is 73.0 Å². The predicted molar refractivity (Wildman–Crippen MR) is 157 cm³/mol. The fourth-order valence-electron chi connectivity index (χ4n) is 4.84. The Morgan fingerprint density at radius 2 is 1.71 bits per heavy atom. The highest BCUT2D eigenvalue weighted by Crippen LogP contribution is 2.29. The molecule has 2 aromatic carbocycles. The van der Waals surface area contributed by atoms with Crippen molar-refractivity contribution in [3.05, 3.63) is 78.1 Å². The zero-order valence-electron chi connectivity index (χ0n) is 23.3. The summed E-state index contributed by atoms with van der Waals surface area (Å²) in [6.45, 7) is 14.5. The van der Waals surface area contributed by atoms with Gasteiger partial charge >= 0.3 is 0 Å². The zero-order valence-corrected chi connectivity index (χ0v) is 23.3. The van der Waals surface area contributed by atoms with Gasteiger partial charge in [0, 0.05) is 56.3 Å².